The summed E-state index contributed by atoms with van der Waals surface area (Å²) in [6.07, 6.45) is 1.11. The molecule has 8 heteroatoms. The Morgan fingerprint density at radius 3 is 2.77 bits per heavy atom. The summed E-state index contributed by atoms with van der Waals surface area (Å²) < 4.78 is 35.5. The van der Waals surface area contributed by atoms with E-state index < -0.39 is 10.0 Å². The lowest BCUT2D eigenvalue weighted by atomic mass is 10.2. The molecule has 0 bridgehead atoms. The third-order valence-corrected chi connectivity index (χ3v) is 4.29. The number of hydrogen-bond donors (Lipinski definition) is 1. The van der Waals surface area contributed by atoms with E-state index in [1.807, 2.05) is 30.3 Å². The van der Waals surface area contributed by atoms with E-state index >= 15 is 0 Å². The highest BCUT2D eigenvalue weighted by atomic mass is 32.2. The summed E-state index contributed by atoms with van der Waals surface area (Å²) in [5, 5.41) is 3.91. The number of aryl methyl sites for hydroxylation is 1. The summed E-state index contributed by atoms with van der Waals surface area (Å²) in [6, 6.07) is 9.53. The molecule has 1 aromatic carbocycles. The van der Waals surface area contributed by atoms with Gasteiger partial charge in [0, 0.05) is 25.6 Å². The van der Waals surface area contributed by atoms with Gasteiger partial charge < -0.3 is 9.26 Å². The van der Waals surface area contributed by atoms with Crippen LogP contribution in [0.25, 0.3) is 11.4 Å². The quantitative estimate of drug-likeness (QED) is 0.697. The van der Waals surface area contributed by atoms with E-state index in [9.17, 15) is 8.42 Å². The zero-order valence-electron chi connectivity index (χ0n) is 12.4. The first kappa shape index (κ1) is 16.6. The molecular formula is C14H19N3O4S. The topological polar surface area (TPSA) is 94.3 Å². The van der Waals surface area contributed by atoms with Crippen LogP contribution in [0.1, 0.15) is 12.3 Å². The largest absolute Gasteiger partial charge is 0.384 e. The second-order valence-electron chi connectivity index (χ2n) is 4.69. The normalized spacial score (nSPS) is 11.7. The molecule has 0 radical (unpaired) electrons. The Bertz CT molecular complexity index is 670. The Morgan fingerprint density at radius 1 is 1.27 bits per heavy atom. The second kappa shape index (κ2) is 8.02. The molecule has 0 amide bonds. The number of nitrogens with one attached hydrogen (secondary N) is 1. The first-order chi connectivity index (χ1) is 10.6. The molecule has 0 aliphatic heterocycles. The Morgan fingerprint density at radius 2 is 2.05 bits per heavy atom. The van der Waals surface area contributed by atoms with E-state index in [4.69, 9.17) is 9.26 Å². The number of ether oxygens (including phenoxy) is 1. The van der Waals surface area contributed by atoms with E-state index in [0.717, 1.165) is 5.56 Å². The van der Waals surface area contributed by atoms with Gasteiger partial charge in [-0.05, 0) is 6.42 Å². The van der Waals surface area contributed by atoms with Crippen molar-refractivity contribution in [2.24, 2.45) is 0 Å². The van der Waals surface area contributed by atoms with Crippen LogP contribution in [-0.4, -0.2) is 44.6 Å². The van der Waals surface area contributed by atoms with Crippen molar-refractivity contribution in [2.75, 3.05) is 26.0 Å². The average molecular weight is 325 g/mol. The fourth-order valence-corrected chi connectivity index (χ4v) is 2.78. The molecule has 0 saturated heterocycles. The number of hydrogen-bond acceptors (Lipinski definition) is 6. The van der Waals surface area contributed by atoms with Crippen molar-refractivity contribution in [3.63, 3.8) is 0 Å². The van der Waals surface area contributed by atoms with E-state index in [1.54, 1.807) is 0 Å². The molecule has 1 N–H and O–H groups in total. The molecule has 0 unspecified atom stereocenters. The first-order valence-corrected chi connectivity index (χ1v) is 8.60. The molecule has 7 nitrogen and oxygen atoms in total. The Balaban J connectivity index is 1.78. The fourth-order valence-electron chi connectivity index (χ4n) is 1.79. The standard InChI is InChI=1S/C14H19N3O4S/c1-20-10-11-22(18,19)15-9-5-8-13-16-14(17-21-13)12-6-3-2-4-7-12/h2-4,6-7,15H,5,8-11H2,1H3. The molecule has 0 fully saturated rings. The van der Waals surface area contributed by atoms with Crippen LogP contribution in [0.4, 0.5) is 0 Å². The van der Waals surface area contributed by atoms with Crippen LogP contribution >= 0.6 is 0 Å². The molecule has 0 atom stereocenters. The molecule has 0 aliphatic rings. The SMILES string of the molecule is COCCS(=O)(=O)NCCCc1nc(-c2ccccc2)no1. The molecule has 120 valence electrons. The lowest BCUT2D eigenvalue weighted by molar-refractivity contribution is 0.217. The minimum Gasteiger partial charge on any atom is -0.384 e. The Labute approximate surface area is 129 Å². The van der Waals surface area contributed by atoms with Crippen molar-refractivity contribution in [3.05, 3.63) is 36.2 Å². The van der Waals surface area contributed by atoms with Gasteiger partial charge in [-0.1, -0.05) is 35.5 Å². The van der Waals surface area contributed by atoms with Crippen LogP contribution in [0.15, 0.2) is 34.9 Å². The number of aromatic nitrogens is 2. The summed E-state index contributed by atoms with van der Waals surface area (Å²) in [5.74, 6) is 0.994. The molecule has 2 rings (SSSR count). The van der Waals surface area contributed by atoms with Crippen molar-refractivity contribution >= 4 is 10.0 Å². The highest BCUT2D eigenvalue weighted by Crippen LogP contribution is 2.15. The maximum absolute atomic E-state index is 11.5. The van der Waals surface area contributed by atoms with Crippen LogP contribution in [0.5, 0.6) is 0 Å². The van der Waals surface area contributed by atoms with Gasteiger partial charge >= 0.3 is 0 Å². The van der Waals surface area contributed by atoms with E-state index in [1.165, 1.54) is 7.11 Å². The molecule has 22 heavy (non-hydrogen) atoms. The van der Waals surface area contributed by atoms with Crippen molar-refractivity contribution in [1.29, 1.82) is 0 Å². The second-order valence-corrected chi connectivity index (χ2v) is 6.61. The monoisotopic (exact) mass is 325 g/mol. The van der Waals surface area contributed by atoms with Crippen molar-refractivity contribution in [1.82, 2.24) is 14.9 Å². The zero-order chi connectivity index (χ0) is 15.8. The third kappa shape index (κ3) is 5.21. The van der Waals surface area contributed by atoms with Crippen LogP contribution in [0, 0.1) is 0 Å². The minimum atomic E-state index is -3.28. The van der Waals surface area contributed by atoms with Crippen LogP contribution in [0.2, 0.25) is 0 Å². The van der Waals surface area contributed by atoms with Crippen molar-refractivity contribution in [2.45, 2.75) is 12.8 Å². The lowest BCUT2D eigenvalue weighted by Crippen LogP contribution is -2.29. The van der Waals surface area contributed by atoms with Gasteiger partial charge in [0.05, 0.1) is 12.4 Å². The lowest BCUT2D eigenvalue weighted by Gasteiger charge is -2.04. The predicted octanol–water partition coefficient (Wildman–Crippen LogP) is 1.23. The van der Waals surface area contributed by atoms with E-state index in [2.05, 4.69) is 14.9 Å². The molecule has 1 heterocycles. The Kier molecular flexibility index (Phi) is 6.05. The summed E-state index contributed by atoms with van der Waals surface area (Å²) in [5.41, 5.74) is 0.887. The van der Waals surface area contributed by atoms with Gasteiger partial charge in [-0.15, -0.1) is 0 Å². The molecule has 0 saturated carbocycles. The highest BCUT2D eigenvalue weighted by Gasteiger charge is 2.10. The van der Waals surface area contributed by atoms with Crippen LogP contribution < -0.4 is 4.72 Å². The predicted molar refractivity (Wildman–Crippen MR) is 81.7 cm³/mol. The maximum Gasteiger partial charge on any atom is 0.227 e. The van der Waals surface area contributed by atoms with Crippen LogP contribution in [0.3, 0.4) is 0 Å². The van der Waals surface area contributed by atoms with Gasteiger partial charge in [0.2, 0.25) is 21.7 Å². The van der Waals surface area contributed by atoms with Crippen LogP contribution in [-0.2, 0) is 21.2 Å². The van der Waals surface area contributed by atoms with Gasteiger partial charge in [-0.2, -0.15) is 4.98 Å². The molecule has 0 aliphatic carbocycles. The number of benzene rings is 1. The molecule has 1 aromatic heterocycles. The number of methoxy groups -OCH3 is 1. The Hall–Kier alpha value is -1.77. The highest BCUT2D eigenvalue weighted by molar-refractivity contribution is 7.89. The van der Waals surface area contributed by atoms with Gasteiger partial charge in [0.1, 0.15) is 0 Å². The molecule has 2 aromatic rings. The average Bonchev–Trinajstić information content (AvgIpc) is 2.99. The van der Waals surface area contributed by atoms with Crippen molar-refractivity contribution in [3.8, 4) is 11.4 Å². The van der Waals surface area contributed by atoms with Crippen molar-refractivity contribution < 1.29 is 17.7 Å². The number of rotatable bonds is 9. The van der Waals surface area contributed by atoms with Gasteiger partial charge in [0.25, 0.3) is 0 Å². The summed E-state index contributed by atoms with van der Waals surface area (Å²) in [6.45, 7) is 0.508. The summed E-state index contributed by atoms with van der Waals surface area (Å²) in [7, 11) is -1.81. The number of sulfonamides is 1. The van der Waals surface area contributed by atoms with Gasteiger partial charge in [-0.25, -0.2) is 13.1 Å². The smallest absolute Gasteiger partial charge is 0.227 e. The minimum absolute atomic E-state index is 0.0395. The number of nitrogens with zero attached hydrogens (tertiary/aromatic N) is 2. The zero-order valence-corrected chi connectivity index (χ0v) is 13.2. The van der Waals surface area contributed by atoms with E-state index in [-0.39, 0.29) is 12.4 Å². The summed E-state index contributed by atoms with van der Waals surface area (Å²) in [4.78, 5) is 4.29. The molecule has 0 spiro atoms. The summed E-state index contributed by atoms with van der Waals surface area (Å²) >= 11 is 0. The fraction of sp³-hybridized carbons (Fsp3) is 0.429. The third-order valence-electron chi connectivity index (χ3n) is 2.95. The van der Waals surface area contributed by atoms with Gasteiger partial charge in [-0.3, -0.25) is 0 Å². The van der Waals surface area contributed by atoms with Gasteiger partial charge in [0.15, 0.2) is 0 Å². The maximum atomic E-state index is 11.5. The van der Waals surface area contributed by atoms with E-state index in [0.29, 0.717) is 31.1 Å². The first-order valence-electron chi connectivity index (χ1n) is 6.95. The molecular weight excluding hydrogens is 306 g/mol.